The lowest BCUT2D eigenvalue weighted by Gasteiger charge is -2.34. The van der Waals surface area contributed by atoms with Gasteiger partial charge in [0.15, 0.2) is 0 Å². The minimum atomic E-state index is -0.0684. The van der Waals surface area contributed by atoms with Crippen molar-refractivity contribution in [3.63, 3.8) is 0 Å². The van der Waals surface area contributed by atoms with E-state index in [2.05, 4.69) is 11.4 Å². The highest BCUT2D eigenvalue weighted by Gasteiger charge is 2.31. The van der Waals surface area contributed by atoms with E-state index in [-0.39, 0.29) is 17.7 Å². The van der Waals surface area contributed by atoms with E-state index in [1.54, 1.807) is 24.3 Å². The van der Waals surface area contributed by atoms with E-state index < -0.39 is 0 Å². The molecule has 1 aliphatic heterocycles. The fraction of sp³-hybridized carbons (Fsp3) is 0.550. The molecule has 3 rings (SSSR count). The molecule has 2 fully saturated rings. The number of nitrogens with one attached hydrogen (secondary N) is 1. The van der Waals surface area contributed by atoms with Gasteiger partial charge in [-0.05, 0) is 43.9 Å². The Balaban J connectivity index is 1.50. The van der Waals surface area contributed by atoms with Crippen molar-refractivity contribution in [2.75, 3.05) is 18.4 Å². The topological polar surface area (TPSA) is 73.2 Å². The van der Waals surface area contributed by atoms with Crippen LogP contribution in [0.1, 0.15) is 50.5 Å². The Hall–Kier alpha value is -2.35. The fourth-order valence-corrected chi connectivity index (χ4v) is 3.88. The lowest BCUT2D eigenvalue weighted by Crippen LogP contribution is -2.44. The monoisotopic (exact) mass is 339 g/mol. The molecule has 2 amide bonds. The highest BCUT2D eigenvalue weighted by atomic mass is 16.2. The number of nitrogens with zero attached hydrogens (tertiary/aromatic N) is 2. The quantitative estimate of drug-likeness (QED) is 0.918. The van der Waals surface area contributed by atoms with Gasteiger partial charge in [0.25, 0.3) is 0 Å². The van der Waals surface area contributed by atoms with E-state index in [1.807, 2.05) is 4.90 Å². The van der Waals surface area contributed by atoms with Crippen LogP contribution in [0.3, 0.4) is 0 Å². The fourth-order valence-electron chi connectivity index (χ4n) is 3.88. The number of piperidine rings is 1. The minimum Gasteiger partial charge on any atom is -0.342 e. The second-order valence-electron chi connectivity index (χ2n) is 7.12. The van der Waals surface area contributed by atoms with E-state index in [1.165, 1.54) is 6.42 Å². The number of hydrogen-bond acceptors (Lipinski definition) is 3. The molecule has 0 radical (unpaired) electrons. The summed E-state index contributed by atoms with van der Waals surface area (Å²) in [5.74, 6) is 0.411. The Morgan fingerprint density at radius 3 is 2.44 bits per heavy atom. The summed E-state index contributed by atoms with van der Waals surface area (Å²) in [6, 6.07) is 9.02. The normalized spacial score (nSPS) is 19.2. The number of rotatable bonds is 3. The lowest BCUT2D eigenvalue weighted by molar-refractivity contribution is -0.139. The van der Waals surface area contributed by atoms with Crippen LogP contribution >= 0.6 is 0 Å². The Labute approximate surface area is 149 Å². The molecule has 2 aliphatic rings. The number of likely N-dealkylation sites (tertiary alicyclic amines) is 1. The third kappa shape index (κ3) is 4.39. The lowest BCUT2D eigenvalue weighted by atomic mass is 9.87. The summed E-state index contributed by atoms with van der Waals surface area (Å²) in [5.41, 5.74) is 1.19. The van der Waals surface area contributed by atoms with Gasteiger partial charge in [0.1, 0.15) is 0 Å². The summed E-state index contributed by atoms with van der Waals surface area (Å²) in [7, 11) is 0. The molecule has 1 aromatic carbocycles. The van der Waals surface area contributed by atoms with Crippen molar-refractivity contribution in [3.05, 3.63) is 29.8 Å². The van der Waals surface area contributed by atoms with Crippen LogP contribution in [0.2, 0.25) is 0 Å². The van der Waals surface area contributed by atoms with Gasteiger partial charge >= 0.3 is 0 Å². The van der Waals surface area contributed by atoms with E-state index in [4.69, 9.17) is 5.26 Å². The van der Waals surface area contributed by atoms with Gasteiger partial charge in [-0.3, -0.25) is 9.59 Å². The van der Waals surface area contributed by atoms with E-state index in [0.717, 1.165) is 25.7 Å². The molecular weight excluding hydrogens is 314 g/mol. The van der Waals surface area contributed by atoms with Gasteiger partial charge in [0, 0.05) is 30.6 Å². The maximum atomic E-state index is 12.6. The van der Waals surface area contributed by atoms with E-state index >= 15 is 0 Å². The van der Waals surface area contributed by atoms with Gasteiger partial charge in [-0.2, -0.15) is 5.26 Å². The van der Waals surface area contributed by atoms with Gasteiger partial charge in [-0.1, -0.05) is 25.3 Å². The van der Waals surface area contributed by atoms with Crippen molar-refractivity contribution >= 4 is 17.5 Å². The molecular formula is C20H25N3O2. The molecule has 25 heavy (non-hydrogen) atoms. The van der Waals surface area contributed by atoms with Crippen molar-refractivity contribution < 1.29 is 9.59 Å². The third-order valence-corrected chi connectivity index (χ3v) is 5.39. The van der Waals surface area contributed by atoms with Crippen molar-refractivity contribution in [2.45, 2.75) is 44.9 Å². The molecule has 0 unspecified atom stereocenters. The van der Waals surface area contributed by atoms with E-state index in [0.29, 0.717) is 43.1 Å². The van der Waals surface area contributed by atoms with Crippen LogP contribution in [-0.4, -0.2) is 29.8 Å². The predicted molar refractivity (Wildman–Crippen MR) is 95.7 cm³/mol. The first-order valence-corrected chi connectivity index (χ1v) is 9.27. The minimum absolute atomic E-state index is 0.0140. The highest BCUT2D eigenvalue weighted by Crippen LogP contribution is 2.28. The molecule has 1 heterocycles. The first kappa shape index (κ1) is 17.5. The number of hydrogen-bond donors (Lipinski definition) is 1. The molecule has 0 bridgehead atoms. The maximum Gasteiger partial charge on any atom is 0.227 e. The number of benzene rings is 1. The Bertz CT molecular complexity index is 666. The molecule has 1 saturated carbocycles. The summed E-state index contributed by atoms with van der Waals surface area (Å²) >= 11 is 0. The first-order valence-electron chi connectivity index (χ1n) is 9.27. The van der Waals surface area contributed by atoms with Crippen molar-refractivity contribution in [1.82, 2.24) is 4.90 Å². The summed E-state index contributed by atoms with van der Waals surface area (Å²) < 4.78 is 0. The number of anilines is 1. The van der Waals surface area contributed by atoms with Crippen LogP contribution in [0.15, 0.2) is 24.3 Å². The molecule has 1 N–H and O–H groups in total. The van der Waals surface area contributed by atoms with Gasteiger partial charge < -0.3 is 10.2 Å². The zero-order valence-corrected chi connectivity index (χ0v) is 14.5. The van der Waals surface area contributed by atoms with Gasteiger partial charge in [-0.25, -0.2) is 0 Å². The van der Waals surface area contributed by atoms with Crippen LogP contribution in [-0.2, 0) is 9.59 Å². The van der Waals surface area contributed by atoms with Crippen LogP contribution in [0, 0.1) is 23.2 Å². The van der Waals surface area contributed by atoms with Gasteiger partial charge in [0.05, 0.1) is 11.6 Å². The number of carbonyl (C=O) groups excluding carboxylic acids is 2. The van der Waals surface area contributed by atoms with Gasteiger partial charge in [-0.15, -0.1) is 0 Å². The zero-order chi connectivity index (χ0) is 17.6. The summed E-state index contributed by atoms with van der Waals surface area (Å²) in [5, 5.41) is 11.8. The molecule has 0 aromatic heterocycles. The SMILES string of the molecule is N#Cc1cccc(NC(=O)C2CCN(C(=O)C3CCCCC3)CC2)c1. The van der Waals surface area contributed by atoms with Crippen molar-refractivity contribution in [2.24, 2.45) is 11.8 Å². The maximum absolute atomic E-state index is 12.6. The molecule has 5 nitrogen and oxygen atoms in total. The molecule has 1 aliphatic carbocycles. The van der Waals surface area contributed by atoms with E-state index in [9.17, 15) is 9.59 Å². The van der Waals surface area contributed by atoms with Crippen LogP contribution in [0.5, 0.6) is 0 Å². The highest BCUT2D eigenvalue weighted by molar-refractivity contribution is 5.93. The average molecular weight is 339 g/mol. The summed E-state index contributed by atoms with van der Waals surface area (Å²) in [6.45, 7) is 1.34. The van der Waals surface area contributed by atoms with Crippen LogP contribution < -0.4 is 5.32 Å². The Morgan fingerprint density at radius 2 is 1.76 bits per heavy atom. The smallest absolute Gasteiger partial charge is 0.227 e. The van der Waals surface area contributed by atoms with Gasteiger partial charge in [0.2, 0.25) is 11.8 Å². The van der Waals surface area contributed by atoms with Crippen molar-refractivity contribution in [1.29, 1.82) is 5.26 Å². The standard InChI is InChI=1S/C20H25N3O2/c21-14-15-5-4-8-18(13-15)22-19(24)16-9-11-23(12-10-16)20(25)17-6-2-1-3-7-17/h4-5,8,13,16-17H,1-3,6-7,9-12H2,(H,22,24). The summed E-state index contributed by atoms with van der Waals surface area (Å²) in [6.07, 6.45) is 7.04. The second-order valence-corrected chi connectivity index (χ2v) is 7.12. The Morgan fingerprint density at radius 1 is 1.04 bits per heavy atom. The molecule has 132 valence electrons. The van der Waals surface area contributed by atoms with Crippen LogP contribution in [0.4, 0.5) is 5.69 Å². The van der Waals surface area contributed by atoms with Crippen molar-refractivity contribution in [3.8, 4) is 6.07 Å². The van der Waals surface area contributed by atoms with Crippen LogP contribution in [0.25, 0.3) is 0 Å². The Kier molecular flexibility index (Phi) is 5.70. The number of nitriles is 1. The molecule has 1 aromatic rings. The number of amides is 2. The zero-order valence-electron chi connectivity index (χ0n) is 14.5. The predicted octanol–water partition coefficient (Wildman–Crippen LogP) is 3.32. The molecule has 0 atom stereocenters. The first-order chi connectivity index (χ1) is 12.2. The largest absolute Gasteiger partial charge is 0.342 e. The average Bonchev–Trinajstić information content (AvgIpc) is 2.68. The second kappa shape index (κ2) is 8.15. The molecule has 1 saturated heterocycles. The molecule has 0 spiro atoms. The third-order valence-electron chi connectivity index (χ3n) is 5.39. The summed E-state index contributed by atoms with van der Waals surface area (Å²) in [4.78, 5) is 27.0. The number of carbonyl (C=O) groups is 2. The molecule has 5 heteroatoms.